The fraction of sp³-hybridized carbons (Fsp3) is 0.318. The van der Waals surface area contributed by atoms with E-state index in [0.29, 0.717) is 39.1 Å². The number of anilines is 1. The van der Waals surface area contributed by atoms with Gasteiger partial charge in [0, 0.05) is 32.7 Å². The largest absolute Gasteiger partial charge is 0.351 e. The van der Waals surface area contributed by atoms with E-state index in [0.717, 1.165) is 27.9 Å². The second-order valence-corrected chi connectivity index (χ2v) is 7.46. The predicted molar refractivity (Wildman–Crippen MR) is 115 cm³/mol. The highest BCUT2D eigenvalue weighted by molar-refractivity contribution is 5.90. The fourth-order valence-corrected chi connectivity index (χ4v) is 4.11. The van der Waals surface area contributed by atoms with Gasteiger partial charge in [0.25, 0.3) is 0 Å². The third kappa shape index (κ3) is 3.24. The normalized spacial score (nSPS) is 14.6. The minimum absolute atomic E-state index is 0.163. The average molecular weight is 401 g/mol. The maximum Gasteiger partial charge on any atom is 0.227 e. The zero-order valence-corrected chi connectivity index (χ0v) is 16.9. The van der Waals surface area contributed by atoms with E-state index >= 15 is 0 Å². The van der Waals surface area contributed by atoms with Crippen molar-refractivity contribution in [1.82, 2.24) is 29.9 Å². The number of carbonyl (C=O) groups is 1. The molecule has 0 radical (unpaired) electrons. The predicted octanol–water partition coefficient (Wildman–Crippen LogP) is 2.29. The first-order chi connectivity index (χ1) is 14.7. The van der Waals surface area contributed by atoms with Gasteiger partial charge >= 0.3 is 0 Å². The molecule has 1 amide bonds. The van der Waals surface area contributed by atoms with E-state index in [2.05, 4.69) is 43.4 Å². The zero-order chi connectivity index (χ0) is 20.5. The maximum atomic E-state index is 13.0. The molecule has 2 aromatic heterocycles. The Balaban J connectivity index is 1.29. The topological polar surface area (TPSA) is 80.0 Å². The van der Waals surface area contributed by atoms with Crippen LogP contribution in [-0.2, 0) is 17.8 Å². The molecule has 0 N–H and O–H groups in total. The molecule has 5 rings (SSSR count). The minimum atomic E-state index is 0.163. The Morgan fingerprint density at radius 3 is 2.63 bits per heavy atom. The van der Waals surface area contributed by atoms with Crippen molar-refractivity contribution in [3.8, 4) is 0 Å². The van der Waals surface area contributed by atoms with Gasteiger partial charge in [-0.15, -0.1) is 5.10 Å². The van der Waals surface area contributed by atoms with Crippen LogP contribution in [0.15, 0.2) is 48.8 Å². The molecular weight excluding hydrogens is 378 g/mol. The monoisotopic (exact) mass is 401 g/mol. The lowest BCUT2D eigenvalue weighted by molar-refractivity contribution is -0.130. The summed E-state index contributed by atoms with van der Waals surface area (Å²) in [6, 6.07) is 14.4. The van der Waals surface area contributed by atoms with Gasteiger partial charge in [-0.05, 0) is 23.3 Å². The number of piperazine rings is 1. The summed E-state index contributed by atoms with van der Waals surface area (Å²) in [5.74, 6) is 0.955. The number of aromatic nitrogens is 5. The lowest BCUT2D eigenvalue weighted by Crippen LogP contribution is -2.49. The van der Waals surface area contributed by atoms with Crippen LogP contribution in [0.4, 0.5) is 5.82 Å². The number of benzene rings is 2. The van der Waals surface area contributed by atoms with Crippen LogP contribution in [0, 0.1) is 0 Å². The molecule has 8 nitrogen and oxygen atoms in total. The summed E-state index contributed by atoms with van der Waals surface area (Å²) >= 11 is 0. The number of amides is 1. The molecule has 1 fully saturated rings. The van der Waals surface area contributed by atoms with Crippen LogP contribution >= 0.6 is 0 Å². The molecular formula is C22H23N7O. The first kappa shape index (κ1) is 18.5. The van der Waals surface area contributed by atoms with E-state index < -0.39 is 0 Å². The number of rotatable bonds is 4. The van der Waals surface area contributed by atoms with E-state index in [-0.39, 0.29) is 5.91 Å². The molecule has 0 aliphatic carbocycles. The van der Waals surface area contributed by atoms with Crippen molar-refractivity contribution in [2.45, 2.75) is 19.9 Å². The van der Waals surface area contributed by atoms with Crippen LogP contribution in [-0.4, -0.2) is 61.9 Å². The molecule has 4 aromatic rings. The van der Waals surface area contributed by atoms with Gasteiger partial charge in [-0.3, -0.25) is 4.79 Å². The standard InChI is InChI=1S/C22H23N7O/c1-2-29-22-20(25-26-29)21(23-15-24-22)28-12-10-27(11-13-28)19(30)14-17-8-5-7-16-6-3-4-9-18(16)17/h3-9,15H,2,10-14H2,1H3. The first-order valence-electron chi connectivity index (χ1n) is 10.3. The Morgan fingerprint density at radius 2 is 1.80 bits per heavy atom. The number of aryl methyl sites for hydroxylation is 1. The summed E-state index contributed by atoms with van der Waals surface area (Å²) < 4.78 is 1.77. The van der Waals surface area contributed by atoms with Crippen LogP contribution < -0.4 is 4.90 Å². The average Bonchev–Trinajstić information content (AvgIpc) is 3.23. The van der Waals surface area contributed by atoms with Crippen molar-refractivity contribution >= 4 is 33.7 Å². The van der Waals surface area contributed by atoms with Crippen molar-refractivity contribution < 1.29 is 4.79 Å². The summed E-state index contributed by atoms with van der Waals surface area (Å²) in [6.07, 6.45) is 1.98. The van der Waals surface area contributed by atoms with Crippen LogP contribution in [0.25, 0.3) is 21.9 Å². The minimum Gasteiger partial charge on any atom is -0.351 e. The first-order valence-corrected chi connectivity index (χ1v) is 10.3. The van der Waals surface area contributed by atoms with Gasteiger partial charge in [-0.1, -0.05) is 47.7 Å². The molecule has 1 aliphatic heterocycles. The lowest BCUT2D eigenvalue weighted by atomic mass is 10.0. The van der Waals surface area contributed by atoms with E-state index in [1.165, 1.54) is 5.39 Å². The molecule has 0 unspecified atom stereocenters. The second kappa shape index (κ2) is 7.70. The van der Waals surface area contributed by atoms with Gasteiger partial charge in [-0.25, -0.2) is 14.6 Å². The highest BCUT2D eigenvalue weighted by atomic mass is 16.2. The van der Waals surface area contributed by atoms with Crippen molar-refractivity contribution in [3.63, 3.8) is 0 Å². The quantitative estimate of drug-likeness (QED) is 0.522. The third-order valence-corrected chi connectivity index (χ3v) is 5.73. The molecule has 1 saturated heterocycles. The Morgan fingerprint density at radius 1 is 1.00 bits per heavy atom. The number of fused-ring (bicyclic) bond motifs is 2. The summed E-state index contributed by atoms with van der Waals surface area (Å²) in [7, 11) is 0. The Hall–Kier alpha value is -3.55. The van der Waals surface area contributed by atoms with Gasteiger partial charge in [0.15, 0.2) is 17.0 Å². The van der Waals surface area contributed by atoms with Gasteiger partial charge < -0.3 is 9.80 Å². The molecule has 1 aliphatic rings. The second-order valence-electron chi connectivity index (χ2n) is 7.46. The highest BCUT2D eigenvalue weighted by Gasteiger charge is 2.25. The summed E-state index contributed by atoms with van der Waals surface area (Å²) in [6.45, 7) is 5.48. The van der Waals surface area contributed by atoms with Crippen LogP contribution in [0.2, 0.25) is 0 Å². The van der Waals surface area contributed by atoms with Crippen molar-refractivity contribution in [3.05, 3.63) is 54.4 Å². The Labute approximate surface area is 174 Å². The molecule has 8 heteroatoms. The molecule has 3 heterocycles. The van der Waals surface area contributed by atoms with Crippen LogP contribution in [0.5, 0.6) is 0 Å². The number of hydrogen-bond acceptors (Lipinski definition) is 6. The molecule has 0 spiro atoms. The van der Waals surface area contributed by atoms with Gasteiger partial charge in [0.05, 0.1) is 6.42 Å². The SMILES string of the molecule is CCn1nnc2c(N3CCN(C(=O)Cc4cccc5ccccc45)CC3)ncnc21. The van der Waals surface area contributed by atoms with Crippen molar-refractivity contribution in [1.29, 1.82) is 0 Å². The van der Waals surface area contributed by atoms with E-state index in [1.807, 2.05) is 36.1 Å². The zero-order valence-electron chi connectivity index (χ0n) is 16.9. The smallest absolute Gasteiger partial charge is 0.227 e. The van der Waals surface area contributed by atoms with Crippen LogP contribution in [0.1, 0.15) is 12.5 Å². The summed E-state index contributed by atoms with van der Waals surface area (Å²) in [4.78, 5) is 25.8. The number of hydrogen-bond donors (Lipinski definition) is 0. The molecule has 30 heavy (non-hydrogen) atoms. The summed E-state index contributed by atoms with van der Waals surface area (Å²) in [5.41, 5.74) is 2.54. The van der Waals surface area contributed by atoms with Gasteiger partial charge in [0.2, 0.25) is 5.91 Å². The van der Waals surface area contributed by atoms with Gasteiger partial charge in [0.1, 0.15) is 6.33 Å². The summed E-state index contributed by atoms with van der Waals surface area (Å²) in [5, 5.41) is 10.7. The molecule has 0 saturated carbocycles. The molecule has 152 valence electrons. The highest BCUT2D eigenvalue weighted by Crippen LogP contribution is 2.23. The molecule has 2 aromatic carbocycles. The number of nitrogens with zero attached hydrogens (tertiary/aromatic N) is 7. The Kier molecular flexibility index (Phi) is 4.74. The van der Waals surface area contributed by atoms with Crippen LogP contribution in [0.3, 0.4) is 0 Å². The van der Waals surface area contributed by atoms with Gasteiger partial charge in [-0.2, -0.15) is 0 Å². The fourth-order valence-electron chi connectivity index (χ4n) is 4.11. The Bertz CT molecular complexity index is 1210. The molecule has 0 bridgehead atoms. The molecule has 0 atom stereocenters. The number of carbonyl (C=O) groups excluding carboxylic acids is 1. The lowest BCUT2D eigenvalue weighted by Gasteiger charge is -2.35. The van der Waals surface area contributed by atoms with E-state index in [9.17, 15) is 4.79 Å². The van der Waals surface area contributed by atoms with Crippen molar-refractivity contribution in [2.24, 2.45) is 0 Å². The van der Waals surface area contributed by atoms with E-state index in [1.54, 1.807) is 11.0 Å². The maximum absolute atomic E-state index is 13.0. The third-order valence-electron chi connectivity index (χ3n) is 5.73. The van der Waals surface area contributed by atoms with Crippen molar-refractivity contribution in [2.75, 3.05) is 31.1 Å². The van der Waals surface area contributed by atoms with E-state index in [4.69, 9.17) is 0 Å².